The summed E-state index contributed by atoms with van der Waals surface area (Å²) in [4.78, 5) is 22.5. The molecular weight excluding hydrogens is 378 g/mol. The Labute approximate surface area is 169 Å². The highest BCUT2D eigenvalue weighted by Gasteiger charge is 2.34. The van der Waals surface area contributed by atoms with Crippen LogP contribution in [-0.4, -0.2) is 58.6 Å². The van der Waals surface area contributed by atoms with Gasteiger partial charge in [-0.3, -0.25) is 9.48 Å². The Hall–Kier alpha value is -2.54. The maximum absolute atomic E-state index is 12.9. The first-order valence-electron chi connectivity index (χ1n) is 9.61. The Kier molecular flexibility index (Phi) is 5.26. The Morgan fingerprint density at radius 1 is 1.29 bits per heavy atom. The first-order valence-corrected chi connectivity index (χ1v) is 9.99. The number of amides is 1. The summed E-state index contributed by atoms with van der Waals surface area (Å²) in [5.74, 6) is 0.00466. The lowest BCUT2D eigenvalue weighted by molar-refractivity contribution is -0.142. The summed E-state index contributed by atoms with van der Waals surface area (Å²) < 4.78 is 1.87. The molecule has 0 spiro atoms. The van der Waals surface area contributed by atoms with E-state index in [0.717, 1.165) is 47.3 Å². The molecule has 2 aliphatic heterocycles. The molecule has 2 aromatic rings. The van der Waals surface area contributed by atoms with Crippen molar-refractivity contribution in [3.05, 3.63) is 46.7 Å². The van der Waals surface area contributed by atoms with Gasteiger partial charge in [0.2, 0.25) is 6.10 Å². The molecule has 1 amide bonds. The number of carbonyl (C=O) groups is 1. The number of halogens is 1. The third-order valence-corrected chi connectivity index (χ3v) is 5.53. The topological polar surface area (TPSA) is 63.0 Å². The Balaban J connectivity index is 1.34. The number of anilines is 1. The Morgan fingerprint density at radius 3 is 2.75 bits per heavy atom. The predicted octanol–water partition coefficient (Wildman–Crippen LogP) is 2.71. The molecule has 0 radical (unpaired) electrons. The number of rotatable bonds is 4. The minimum atomic E-state index is -0.544. The zero-order chi connectivity index (χ0) is 19.7. The molecule has 3 heterocycles. The maximum atomic E-state index is 12.9. The summed E-state index contributed by atoms with van der Waals surface area (Å²) in [6, 6.07) is 7.81. The van der Waals surface area contributed by atoms with E-state index in [0.29, 0.717) is 19.5 Å². The lowest BCUT2D eigenvalue weighted by Gasteiger charge is -2.36. The molecule has 4 rings (SSSR count). The van der Waals surface area contributed by atoms with Crippen LogP contribution in [0, 0.1) is 6.92 Å². The van der Waals surface area contributed by atoms with Gasteiger partial charge in [0.15, 0.2) is 0 Å². The molecule has 1 saturated heterocycles. The van der Waals surface area contributed by atoms with Gasteiger partial charge in [0, 0.05) is 61.6 Å². The number of nitrogens with zero attached hydrogens (tertiary/aromatic N) is 5. The smallest absolute Gasteiger partial charge is 0.267 e. The van der Waals surface area contributed by atoms with Crippen molar-refractivity contribution < 1.29 is 9.63 Å². The fraction of sp³-hybridized carbons (Fsp3) is 0.450. The third-order valence-electron chi connectivity index (χ3n) is 5.29. The molecule has 0 unspecified atom stereocenters. The fourth-order valence-electron chi connectivity index (χ4n) is 3.69. The van der Waals surface area contributed by atoms with Crippen LogP contribution in [-0.2, 0) is 16.2 Å². The van der Waals surface area contributed by atoms with Crippen molar-refractivity contribution in [2.75, 3.05) is 31.1 Å². The van der Waals surface area contributed by atoms with Gasteiger partial charge >= 0.3 is 0 Å². The van der Waals surface area contributed by atoms with Crippen LogP contribution in [0.5, 0.6) is 0 Å². The number of hydrogen-bond donors (Lipinski definition) is 0. The fourth-order valence-corrected chi connectivity index (χ4v) is 3.88. The van der Waals surface area contributed by atoms with E-state index in [4.69, 9.17) is 16.4 Å². The average Bonchev–Trinajstić information content (AvgIpc) is 3.34. The van der Waals surface area contributed by atoms with E-state index in [1.165, 1.54) is 0 Å². The van der Waals surface area contributed by atoms with Crippen LogP contribution in [0.1, 0.15) is 24.6 Å². The van der Waals surface area contributed by atoms with E-state index in [1.807, 2.05) is 53.9 Å². The van der Waals surface area contributed by atoms with Gasteiger partial charge in [0.05, 0.1) is 11.4 Å². The monoisotopic (exact) mass is 401 g/mol. The highest BCUT2D eigenvalue weighted by molar-refractivity contribution is 6.30. The molecular formula is C20H24ClN5O2. The summed E-state index contributed by atoms with van der Waals surface area (Å²) in [5.41, 5.74) is 3.76. The molecule has 7 nitrogen and oxygen atoms in total. The van der Waals surface area contributed by atoms with E-state index in [2.05, 4.69) is 15.2 Å². The van der Waals surface area contributed by atoms with Crippen molar-refractivity contribution in [2.45, 2.75) is 32.9 Å². The predicted molar refractivity (Wildman–Crippen MR) is 109 cm³/mol. The molecule has 1 aromatic carbocycles. The van der Waals surface area contributed by atoms with Gasteiger partial charge in [-0.25, -0.2) is 0 Å². The van der Waals surface area contributed by atoms with E-state index >= 15 is 0 Å². The molecule has 0 aliphatic carbocycles. The van der Waals surface area contributed by atoms with Crippen LogP contribution in [0.25, 0.3) is 0 Å². The summed E-state index contributed by atoms with van der Waals surface area (Å²) in [5, 5.41) is 9.35. The minimum Gasteiger partial charge on any atom is -0.382 e. The van der Waals surface area contributed by atoms with E-state index in [-0.39, 0.29) is 5.91 Å². The first-order chi connectivity index (χ1) is 13.5. The van der Waals surface area contributed by atoms with E-state index in [1.54, 1.807) is 0 Å². The molecule has 8 heteroatoms. The highest BCUT2D eigenvalue weighted by Crippen LogP contribution is 2.23. The zero-order valence-electron chi connectivity index (χ0n) is 16.1. The average molecular weight is 402 g/mol. The maximum Gasteiger partial charge on any atom is 0.267 e. The van der Waals surface area contributed by atoms with Crippen molar-refractivity contribution in [1.29, 1.82) is 0 Å². The third kappa shape index (κ3) is 3.71. The van der Waals surface area contributed by atoms with Crippen LogP contribution < -0.4 is 4.90 Å². The van der Waals surface area contributed by atoms with Crippen LogP contribution in [0.3, 0.4) is 0 Å². The van der Waals surface area contributed by atoms with Crippen molar-refractivity contribution in [2.24, 2.45) is 5.16 Å². The lowest BCUT2D eigenvalue weighted by Crippen LogP contribution is -2.51. The molecule has 2 aliphatic rings. The molecule has 1 atom stereocenters. The normalized spacial score (nSPS) is 19.5. The quantitative estimate of drug-likeness (QED) is 0.790. The second kappa shape index (κ2) is 7.83. The number of hydrogen-bond acceptors (Lipinski definition) is 5. The second-order valence-corrected chi connectivity index (χ2v) is 7.55. The highest BCUT2D eigenvalue weighted by atomic mass is 35.5. The van der Waals surface area contributed by atoms with Crippen molar-refractivity contribution in [1.82, 2.24) is 14.7 Å². The molecule has 1 fully saturated rings. The number of piperazine rings is 1. The SMILES string of the molecule is CCn1cc(C2=NO[C@H](C(=O)N3CCN(c4cccc(Cl)c4)CC3)C2)c(C)n1. The second-order valence-electron chi connectivity index (χ2n) is 7.11. The largest absolute Gasteiger partial charge is 0.382 e. The summed E-state index contributed by atoms with van der Waals surface area (Å²) >= 11 is 6.09. The van der Waals surface area contributed by atoms with Crippen LogP contribution >= 0.6 is 11.6 Å². The number of oxime groups is 1. The summed E-state index contributed by atoms with van der Waals surface area (Å²) in [7, 11) is 0. The lowest BCUT2D eigenvalue weighted by atomic mass is 10.1. The number of aromatic nitrogens is 2. The van der Waals surface area contributed by atoms with Crippen LogP contribution in [0.15, 0.2) is 35.6 Å². The van der Waals surface area contributed by atoms with Crippen molar-refractivity contribution >= 4 is 28.9 Å². The molecule has 0 saturated carbocycles. The van der Waals surface area contributed by atoms with Gasteiger partial charge in [0.1, 0.15) is 0 Å². The summed E-state index contributed by atoms with van der Waals surface area (Å²) in [6.07, 6.45) is 1.91. The Morgan fingerprint density at radius 2 is 2.07 bits per heavy atom. The molecule has 28 heavy (non-hydrogen) atoms. The molecule has 148 valence electrons. The van der Waals surface area contributed by atoms with Gasteiger partial charge in [-0.15, -0.1) is 0 Å². The number of carbonyl (C=O) groups excluding carboxylic acids is 1. The van der Waals surface area contributed by atoms with E-state index in [9.17, 15) is 4.79 Å². The van der Waals surface area contributed by atoms with Gasteiger partial charge in [0.25, 0.3) is 5.91 Å². The zero-order valence-corrected chi connectivity index (χ0v) is 16.9. The van der Waals surface area contributed by atoms with Crippen molar-refractivity contribution in [3.8, 4) is 0 Å². The summed E-state index contributed by atoms with van der Waals surface area (Å²) in [6.45, 7) is 7.66. The number of benzene rings is 1. The van der Waals surface area contributed by atoms with Gasteiger partial charge < -0.3 is 14.6 Å². The molecule has 1 aromatic heterocycles. The first kappa shape index (κ1) is 18.8. The number of aryl methyl sites for hydroxylation is 2. The van der Waals surface area contributed by atoms with Crippen LogP contribution in [0.2, 0.25) is 5.02 Å². The van der Waals surface area contributed by atoms with Gasteiger partial charge in [-0.1, -0.05) is 22.8 Å². The standard InChI is InChI=1S/C20H24ClN5O2/c1-3-26-13-17(14(2)22-26)18-12-19(28-23-18)20(27)25-9-7-24(8-10-25)16-6-4-5-15(21)11-16/h4-6,11,13,19H,3,7-10,12H2,1-2H3/t19-/m0/s1. The van der Waals surface area contributed by atoms with Gasteiger partial charge in [-0.05, 0) is 32.0 Å². The minimum absolute atomic E-state index is 0.00466. The molecule has 0 bridgehead atoms. The molecule has 0 N–H and O–H groups in total. The van der Waals surface area contributed by atoms with Crippen molar-refractivity contribution in [3.63, 3.8) is 0 Å². The van der Waals surface area contributed by atoms with Gasteiger partial charge in [-0.2, -0.15) is 5.10 Å². The Bertz CT molecular complexity index is 902. The van der Waals surface area contributed by atoms with E-state index < -0.39 is 6.10 Å². The van der Waals surface area contributed by atoms with Crippen LogP contribution in [0.4, 0.5) is 5.69 Å².